The number of oxazole rings is 1. The predicted molar refractivity (Wildman–Crippen MR) is 91.2 cm³/mol. The maximum Gasteiger partial charge on any atom is 0.419 e. The Hall–Kier alpha value is -3.53. The van der Waals surface area contributed by atoms with Gasteiger partial charge in [-0.2, -0.15) is 5.26 Å². The van der Waals surface area contributed by atoms with Crippen molar-refractivity contribution in [3.63, 3.8) is 0 Å². The van der Waals surface area contributed by atoms with Crippen molar-refractivity contribution in [2.75, 3.05) is 0 Å². The minimum absolute atomic E-state index is 0.290. The Morgan fingerprint density at radius 1 is 1.28 bits per heavy atom. The van der Waals surface area contributed by atoms with Gasteiger partial charge in [0.2, 0.25) is 0 Å². The zero-order chi connectivity index (χ0) is 18.0. The van der Waals surface area contributed by atoms with E-state index in [9.17, 15) is 9.59 Å². The fourth-order valence-corrected chi connectivity index (χ4v) is 2.65. The van der Waals surface area contributed by atoms with Crippen LogP contribution in [-0.4, -0.2) is 21.8 Å². The number of rotatable bonds is 4. The fourth-order valence-electron chi connectivity index (χ4n) is 2.65. The molecule has 0 radical (unpaired) electrons. The van der Waals surface area contributed by atoms with Gasteiger partial charge in [0.15, 0.2) is 5.58 Å². The monoisotopic (exact) mass is 337 g/mol. The highest BCUT2D eigenvalue weighted by atomic mass is 16.4. The van der Waals surface area contributed by atoms with E-state index in [1.165, 1.54) is 4.57 Å². The average Bonchev–Trinajstić information content (AvgIpc) is 2.88. The quantitative estimate of drug-likeness (QED) is 0.760. The van der Waals surface area contributed by atoms with Crippen LogP contribution in [0.25, 0.3) is 22.2 Å². The van der Waals surface area contributed by atoms with Crippen LogP contribution in [0.15, 0.2) is 51.7 Å². The van der Waals surface area contributed by atoms with Crippen molar-refractivity contribution < 1.29 is 14.3 Å². The van der Waals surface area contributed by atoms with Gasteiger partial charge in [0, 0.05) is 13.5 Å². The van der Waals surface area contributed by atoms with Gasteiger partial charge in [-0.1, -0.05) is 30.3 Å². The second-order valence-corrected chi connectivity index (χ2v) is 5.64. The topological polar surface area (TPSA) is 108 Å². The number of benzene rings is 2. The molecule has 7 nitrogen and oxygen atoms in total. The number of nitriles is 1. The number of fused-ring (bicyclic) bond motifs is 1. The molecule has 0 bridgehead atoms. The van der Waals surface area contributed by atoms with E-state index in [2.05, 4.69) is 5.32 Å². The summed E-state index contributed by atoms with van der Waals surface area (Å²) in [6.07, 6.45) is -0.930. The summed E-state index contributed by atoms with van der Waals surface area (Å²) >= 11 is 0. The van der Waals surface area contributed by atoms with E-state index < -0.39 is 17.9 Å². The lowest BCUT2D eigenvalue weighted by atomic mass is 10.0. The van der Waals surface area contributed by atoms with Crippen molar-refractivity contribution in [3.05, 3.63) is 58.6 Å². The fraction of sp³-hybridized carbons (Fsp3) is 0.167. The number of nitrogens with one attached hydrogen (secondary N) is 1. The van der Waals surface area contributed by atoms with Crippen LogP contribution in [0.2, 0.25) is 0 Å². The van der Waals surface area contributed by atoms with Crippen molar-refractivity contribution in [1.82, 2.24) is 9.88 Å². The summed E-state index contributed by atoms with van der Waals surface area (Å²) in [6, 6.07) is 14.1. The van der Waals surface area contributed by atoms with E-state index >= 15 is 0 Å². The van der Waals surface area contributed by atoms with E-state index in [4.69, 9.17) is 14.8 Å². The number of aromatic nitrogens is 1. The van der Waals surface area contributed by atoms with Crippen LogP contribution in [0.4, 0.5) is 4.79 Å². The SMILES string of the molecule is Cn1c(=O)oc2ccc(-c3ccc(C[C@@H](C#N)NC(=O)O)cc3)cc21. The molecule has 1 atom stereocenters. The van der Waals surface area contributed by atoms with Crippen LogP contribution >= 0.6 is 0 Å². The third kappa shape index (κ3) is 3.38. The second-order valence-electron chi connectivity index (χ2n) is 5.64. The number of hydrogen-bond acceptors (Lipinski definition) is 4. The van der Waals surface area contributed by atoms with E-state index in [0.717, 1.165) is 16.7 Å². The smallest absolute Gasteiger partial charge is 0.419 e. The molecule has 3 rings (SSSR count). The molecule has 0 spiro atoms. The summed E-state index contributed by atoms with van der Waals surface area (Å²) in [7, 11) is 1.65. The molecular weight excluding hydrogens is 322 g/mol. The van der Waals surface area contributed by atoms with Gasteiger partial charge in [0.25, 0.3) is 0 Å². The lowest BCUT2D eigenvalue weighted by molar-refractivity contribution is 0.192. The molecule has 0 aliphatic heterocycles. The van der Waals surface area contributed by atoms with Gasteiger partial charge >= 0.3 is 11.8 Å². The summed E-state index contributed by atoms with van der Waals surface area (Å²) in [5.74, 6) is -0.407. The van der Waals surface area contributed by atoms with Gasteiger partial charge in [-0.05, 0) is 28.8 Å². The summed E-state index contributed by atoms with van der Waals surface area (Å²) < 4.78 is 6.57. The highest BCUT2D eigenvalue weighted by Gasteiger charge is 2.12. The average molecular weight is 337 g/mol. The maximum absolute atomic E-state index is 11.6. The molecule has 126 valence electrons. The molecule has 1 amide bonds. The van der Waals surface area contributed by atoms with Gasteiger partial charge in [-0.15, -0.1) is 0 Å². The molecule has 1 heterocycles. The first-order valence-corrected chi connectivity index (χ1v) is 7.56. The van der Waals surface area contributed by atoms with Crippen molar-refractivity contribution in [2.45, 2.75) is 12.5 Å². The summed E-state index contributed by atoms with van der Waals surface area (Å²) in [5, 5.41) is 19.9. The zero-order valence-electron chi connectivity index (χ0n) is 13.4. The Morgan fingerprint density at radius 3 is 2.60 bits per heavy atom. The van der Waals surface area contributed by atoms with Crippen molar-refractivity contribution in [2.24, 2.45) is 7.05 Å². The number of amides is 1. The van der Waals surface area contributed by atoms with Crippen LogP contribution in [0.3, 0.4) is 0 Å². The molecular formula is C18H15N3O4. The molecule has 0 fully saturated rings. The third-order valence-electron chi connectivity index (χ3n) is 3.97. The first-order chi connectivity index (χ1) is 12.0. The molecule has 0 saturated heterocycles. The number of carboxylic acid groups (broad SMARTS) is 1. The minimum atomic E-state index is -1.22. The standard InChI is InChI=1S/C18H15N3O4/c1-21-15-9-13(6-7-16(15)25-18(21)24)12-4-2-11(3-5-12)8-14(10-19)20-17(22)23/h2-7,9,14,20H,8H2,1H3,(H,22,23)/t14-/m0/s1. The predicted octanol–water partition coefficient (Wildman–Crippen LogP) is 2.50. The van der Waals surface area contributed by atoms with E-state index in [1.54, 1.807) is 13.1 Å². The molecule has 0 saturated carbocycles. The third-order valence-corrected chi connectivity index (χ3v) is 3.97. The van der Waals surface area contributed by atoms with Crippen LogP contribution in [0.1, 0.15) is 5.56 Å². The normalized spacial score (nSPS) is 11.8. The van der Waals surface area contributed by atoms with E-state index in [-0.39, 0.29) is 0 Å². The van der Waals surface area contributed by atoms with Crippen LogP contribution in [0, 0.1) is 11.3 Å². The van der Waals surface area contributed by atoms with Gasteiger partial charge in [0.05, 0.1) is 11.6 Å². The van der Waals surface area contributed by atoms with Crippen LogP contribution < -0.4 is 11.1 Å². The van der Waals surface area contributed by atoms with Gasteiger partial charge in [-0.25, -0.2) is 9.59 Å². The molecule has 1 aromatic heterocycles. The van der Waals surface area contributed by atoms with Gasteiger partial charge < -0.3 is 14.8 Å². The van der Waals surface area contributed by atoms with Crippen molar-refractivity contribution >= 4 is 17.2 Å². The van der Waals surface area contributed by atoms with Crippen molar-refractivity contribution in [1.29, 1.82) is 5.26 Å². The molecule has 0 aliphatic carbocycles. The maximum atomic E-state index is 11.6. The van der Waals surface area contributed by atoms with Gasteiger partial charge in [-0.3, -0.25) is 4.57 Å². The Bertz CT molecular complexity index is 1030. The van der Waals surface area contributed by atoms with Crippen LogP contribution in [0.5, 0.6) is 0 Å². The van der Waals surface area contributed by atoms with E-state index in [0.29, 0.717) is 17.5 Å². The molecule has 2 N–H and O–H groups in total. The molecule has 3 aromatic rings. The zero-order valence-corrected chi connectivity index (χ0v) is 13.4. The largest absolute Gasteiger partial charge is 0.465 e. The van der Waals surface area contributed by atoms with Gasteiger partial charge in [0.1, 0.15) is 6.04 Å². The number of nitrogens with zero attached hydrogens (tertiary/aromatic N) is 2. The minimum Gasteiger partial charge on any atom is -0.465 e. The Labute approximate surface area is 142 Å². The Balaban J connectivity index is 1.85. The first-order valence-electron chi connectivity index (χ1n) is 7.56. The Kier molecular flexibility index (Phi) is 4.27. The van der Waals surface area contributed by atoms with Crippen molar-refractivity contribution in [3.8, 4) is 17.2 Å². The lowest BCUT2D eigenvalue weighted by Gasteiger charge is -2.09. The lowest BCUT2D eigenvalue weighted by Crippen LogP contribution is -2.33. The molecule has 2 aromatic carbocycles. The van der Waals surface area contributed by atoms with Crippen LogP contribution in [-0.2, 0) is 13.5 Å². The Morgan fingerprint density at radius 2 is 1.96 bits per heavy atom. The summed E-state index contributed by atoms with van der Waals surface area (Å²) in [5.41, 5.74) is 3.96. The number of hydrogen-bond donors (Lipinski definition) is 2. The summed E-state index contributed by atoms with van der Waals surface area (Å²) in [4.78, 5) is 22.2. The number of carbonyl (C=O) groups is 1. The highest BCUT2D eigenvalue weighted by Crippen LogP contribution is 2.24. The number of aryl methyl sites for hydroxylation is 1. The summed E-state index contributed by atoms with van der Waals surface area (Å²) in [6.45, 7) is 0. The molecule has 25 heavy (non-hydrogen) atoms. The highest BCUT2D eigenvalue weighted by molar-refractivity contribution is 5.80. The molecule has 0 unspecified atom stereocenters. The first kappa shape index (κ1) is 16.3. The molecule has 0 aliphatic rings. The van der Waals surface area contributed by atoms with E-state index in [1.807, 2.05) is 42.5 Å². The molecule has 7 heteroatoms. The second kappa shape index (κ2) is 6.53.